The molecule has 0 spiro atoms. The summed E-state index contributed by atoms with van der Waals surface area (Å²) in [6.07, 6.45) is 0. The van der Waals surface area contributed by atoms with Crippen molar-refractivity contribution in [1.82, 2.24) is 9.97 Å². The van der Waals surface area contributed by atoms with Gasteiger partial charge in [0.15, 0.2) is 5.82 Å². The lowest BCUT2D eigenvalue weighted by Crippen LogP contribution is -1.96. The zero-order valence-electron chi connectivity index (χ0n) is 21.0. The summed E-state index contributed by atoms with van der Waals surface area (Å²) in [5.74, 6) is 0.708. The molecule has 0 saturated carbocycles. The number of fused-ring (bicyclic) bond motifs is 6. The second-order valence-corrected chi connectivity index (χ2v) is 9.78. The summed E-state index contributed by atoms with van der Waals surface area (Å²) in [6, 6.07) is 46.0. The number of rotatable bonds is 3. The molecule has 0 aliphatic rings. The van der Waals surface area contributed by atoms with Gasteiger partial charge in [-0.1, -0.05) is 121 Å². The van der Waals surface area contributed by atoms with Gasteiger partial charge in [0.1, 0.15) is 11.2 Å². The predicted octanol–water partition coefficient (Wildman–Crippen LogP) is 9.68. The maximum absolute atomic E-state index is 6.66. The highest BCUT2D eigenvalue weighted by Gasteiger charge is 2.19. The maximum atomic E-state index is 6.66. The van der Waals surface area contributed by atoms with Crippen molar-refractivity contribution < 1.29 is 4.42 Å². The smallest absolute Gasteiger partial charge is 0.161 e. The lowest BCUT2D eigenvalue weighted by Gasteiger charge is -2.11. The van der Waals surface area contributed by atoms with Gasteiger partial charge in [0, 0.05) is 38.2 Å². The molecule has 0 N–H and O–H groups in total. The second kappa shape index (κ2) is 8.64. The van der Waals surface area contributed by atoms with E-state index in [9.17, 15) is 0 Å². The van der Waals surface area contributed by atoms with E-state index in [1.165, 1.54) is 0 Å². The summed E-state index contributed by atoms with van der Waals surface area (Å²) < 4.78 is 6.66. The first-order chi connectivity index (χ1) is 19.3. The molecule has 8 rings (SSSR count). The van der Waals surface area contributed by atoms with Crippen LogP contribution in [0.1, 0.15) is 0 Å². The Balaban J connectivity index is 1.46. The lowest BCUT2D eigenvalue weighted by molar-refractivity contribution is 0.674. The number of furan rings is 1. The van der Waals surface area contributed by atoms with E-state index in [1.54, 1.807) is 0 Å². The number of para-hydroxylation sites is 2. The molecule has 0 atom stereocenters. The number of hydrogen-bond acceptors (Lipinski definition) is 3. The topological polar surface area (TPSA) is 38.9 Å². The van der Waals surface area contributed by atoms with Crippen molar-refractivity contribution in [2.24, 2.45) is 0 Å². The Bertz CT molecular complexity index is 2160. The van der Waals surface area contributed by atoms with Crippen LogP contribution in [0.2, 0.25) is 0 Å². The van der Waals surface area contributed by atoms with Crippen LogP contribution in [0, 0.1) is 0 Å². The summed E-state index contributed by atoms with van der Waals surface area (Å²) in [6.45, 7) is 0. The van der Waals surface area contributed by atoms with E-state index < -0.39 is 0 Å². The van der Waals surface area contributed by atoms with Crippen LogP contribution < -0.4 is 0 Å². The molecule has 39 heavy (non-hydrogen) atoms. The third kappa shape index (κ3) is 3.44. The van der Waals surface area contributed by atoms with E-state index in [4.69, 9.17) is 14.4 Å². The first-order valence-electron chi connectivity index (χ1n) is 13.1. The highest BCUT2D eigenvalue weighted by Crippen LogP contribution is 2.42. The predicted molar refractivity (Wildman–Crippen MR) is 161 cm³/mol. The van der Waals surface area contributed by atoms with E-state index in [0.717, 1.165) is 71.6 Å². The molecule has 0 saturated heterocycles. The Morgan fingerprint density at radius 2 is 1.03 bits per heavy atom. The van der Waals surface area contributed by atoms with Crippen LogP contribution >= 0.6 is 0 Å². The van der Waals surface area contributed by atoms with Crippen molar-refractivity contribution in [3.8, 4) is 33.8 Å². The largest absolute Gasteiger partial charge is 0.455 e. The highest BCUT2D eigenvalue weighted by molar-refractivity contribution is 6.20. The minimum atomic E-state index is 0.708. The summed E-state index contributed by atoms with van der Waals surface area (Å²) in [5.41, 5.74) is 7.93. The van der Waals surface area contributed by atoms with Crippen LogP contribution in [-0.2, 0) is 0 Å². The van der Waals surface area contributed by atoms with Gasteiger partial charge in [-0.2, -0.15) is 0 Å². The van der Waals surface area contributed by atoms with Gasteiger partial charge in [0.05, 0.1) is 11.2 Å². The minimum absolute atomic E-state index is 0.708. The molecule has 2 heterocycles. The molecule has 0 aliphatic heterocycles. The van der Waals surface area contributed by atoms with Crippen LogP contribution in [0.4, 0.5) is 0 Å². The second-order valence-electron chi connectivity index (χ2n) is 9.78. The fraction of sp³-hybridized carbons (Fsp3) is 0. The fourth-order valence-corrected chi connectivity index (χ4v) is 5.66. The first kappa shape index (κ1) is 21.8. The number of hydrogen-bond donors (Lipinski definition) is 0. The Morgan fingerprint density at radius 1 is 0.410 bits per heavy atom. The molecule has 8 aromatic rings. The quantitative estimate of drug-likeness (QED) is 0.243. The molecule has 3 nitrogen and oxygen atoms in total. The van der Waals surface area contributed by atoms with Crippen molar-refractivity contribution in [1.29, 1.82) is 0 Å². The van der Waals surface area contributed by atoms with Crippen molar-refractivity contribution in [2.45, 2.75) is 0 Å². The van der Waals surface area contributed by atoms with Gasteiger partial charge in [-0.3, -0.25) is 0 Å². The first-order valence-corrected chi connectivity index (χ1v) is 13.1. The molecule has 0 fully saturated rings. The molecule has 3 heteroatoms. The van der Waals surface area contributed by atoms with Crippen molar-refractivity contribution >= 4 is 43.6 Å². The van der Waals surface area contributed by atoms with Crippen LogP contribution in [-0.4, -0.2) is 9.97 Å². The van der Waals surface area contributed by atoms with Gasteiger partial charge in [-0.05, 0) is 23.1 Å². The molecule has 2 aromatic heterocycles. The monoisotopic (exact) mass is 498 g/mol. The number of benzene rings is 6. The molecular formula is C36H22N2O. The molecule has 0 amide bonds. The Morgan fingerprint density at radius 3 is 1.82 bits per heavy atom. The molecule has 0 aliphatic carbocycles. The van der Waals surface area contributed by atoms with Crippen LogP contribution in [0.15, 0.2) is 138 Å². The summed E-state index contributed by atoms with van der Waals surface area (Å²) in [5, 5.41) is 5.31. The molecule has 6 aromatic carbocycles. The van der Waals surface area contributed by atoms with Gasteiger partial charge >= 0.3 is 0 Å². The molecule has 0 bridgehead atoms. The van der Waals surface area contributed by atoms with Crippen molar-refractivity contribution in [3.05, 3.63) is 133 Å². The van der Waals surface area contributed by atoms with Gasteiger partial charge in [-0.15, -0.1) is 0 Å². The number of aromatic nitrogens is 2. The van der Waals surface area contributed by atoms with Gasteiger partial charge in [0.2, 0.25) is 0 Å². The van der Waals surface area contributed by atoms with Crippen molar-refractivity contribution in [2.75, 3.05) is 0 Å². The third-order valence-electron chi connectivity index (χ3n) is 7.48. The van der Waals surface area contributed by atoms with E-state index in [1.807, 2.05) is 24.3 Å². The van der Waals surface area contributed by atoms with E-state index in [0.29, 0.717) is 5.82 Å². The zero-order valence-corrected chi connectivity index (χ0v) is 21.0. The van der Waals surface area contributed by atoms with Gasteiger partial charge in [-0.25, -0.2) is 9.97 Å². The Hall–Kier alpha value is -5.28. The molecular weight excluding hydrogens is 476 g/mol. The van der Waals surface area contributed by atoms with Crippen LogP contribution in [0.3, 0.4) is 0 Å². The van der Waals surface area contributed by atoms with E-state index >= 15 is 0 Å². The minimum Gasteiger partial charge on any atom is -0.455 e. The Labute approximate surface area is 225 Å². The van der Waals surface area contributed by atoms with Crippen LogP contribution in [0.25, 0.3) is 77.4 Å². The van der Waals surface area contributed by atoms with E-state index in [-0.39, 0.29) is 0 Å². The molecule has 182 valence electrons. The van der Waals surface area contributed by atoms with Gasteiger partial charge < -0.3 is 4.42 Å². The Kier molecular flexibility index (Phi) is 4.82. The standard InChI is InChI=1S/C36H22N2O/c1-3-12-23(13-4-1)25-19-11-20-28-30-22-31(26-16-7-8-17-27(26)35(30)39-34(25)28)36-37-32-21-10-9-18-29(32)33(38-36)24-14-5-2-6-15-24/h1-22H. The van der Waals surface area contributed by atoms with Crippen molar-refractivity contribution in [3.63, 3.8) is 0 Å². The molecule has 0 radical (unpaired) electrons. The summed E-state index contributed by atoms with van der Waals surface area (Å²) in [4.78, 5) is 10.3. The zero-order chi connectivity index (χ0) is 25.8. The SMILES string of the molecule is c1ccc(-c2nc(-c3cc4c5cccc(-c6ccccc6)c5oc4c4ccccc34)nc3ccccc23)cc1. The average Bonchev–Trinajstić information content (AvgIpc) is 3.40. The summed E-state index contributed by atoms with van der Waals surface area (Å²) >= 11 is 0. The third-order valence-corrected chi connectivity index (χ3v) is 7.48. The normalized spacial score (nSPS) is 11.6. The van der Waals surface area contributed by atoms with Crippen LogP contribution in [0.5, 0.6) is 0 Å². The highest BCUT2D eigenvalue weighted by atomic mass is 16.3. The lowest BCUT2D eigenvalue weighted by atomic mass is 9.98. The fourth-order valence-electron chi connectivity index (χ4n) is 5.66. The average molecular weight is 499 g/mol. The van der Waals surface area contributed by atoms with Gasteiger partial charge in [0.25, 0.3) is 0 Å². The molecule has 0 unspecified atom stereocenters. The van der Waals surface area contributed by atoms with E-state index in [2.05, 4.69) is 109 Å². The maximum Gasteiger partial charge on any atom is 0.161 e. The summed E-state index contributed by atoms with van der Waals surface area (Å²) in [7, 11) is 0. The number of nitrogens with zero attached hydrogens (tertiary/aromatic N) is 2.